The minimum absolute atomic E-state index is 0.00746. The summed E-state index contributed by atoms with van der Waals surface area (Å²) in [6.07, 6.45) is 6.19. The third-order valence-electron chi connectivity index (χ3n) is 6.81. The van der Waals surface area contributed by atoms with Gasteiger partial charge in [-0.25, -0.2) is 9.78 Å². The van der Waals surface area contributed by atoms with Gasteiger partial charge in [0, 0.05) is 31.4 Å². The lowest BCUT2D eigenvalue weighted by Crippen LogP contribution is -2.34. The van der Waals surface area contributed by atoms with Crippen molar-refractivity contribution < 1.29 is 4.79 Å². The van der Waals surface area contributed by atoms with Crippen LogP contribution >= 0.6 is 0 Å². The average molecular weight is 439 g/mol. The van der Waals surface area contributed by atoms with Gasteiger partial charge >= 0.3 is 5.69 Å². The highest BCUT2D eigenvalue weighted by Crippen LogP contribution is 2.48. The quantitative estimate of drug-likeness (QED) is 0.672. The van der Waals surface area contributed by atoms with Gasteiger partial charge in [0.15, 0.2) is 5.65 Å². The monoisotopic (exact) mass is 438 g/mol. The van der Waals surface area contributed by atoms with Gasteiger partial charge in [-0.05, 0) is 42.2 Å². The summed E-state index contributed by atoms with van der Waals surface area (Å²) in [5.74, 6) is -0.214. The van der Waals surface area contributed by atoms with Crippen LogP contribution in [0, 0.1) is 10.8 Å². The molecule has 1 fully saturated rings. The smallest absolute Gasteiger partial charge is 0.330 e. The van der Waals surface area contributed by atoms with Crippen molar-refractivity contribution >= 4 is 17.1 Å². The molecule has 0 bridgehead atoms. The van der Waals surface area contributed by atoms with Gasteiger partial charge < -0.3 is 5.73 Å². The second-order valence-corrected chi connectivity index (χ2v) is 11.1. The highest BCUT2D eigenvalue weighted by atomic mass is 16.2. The third-order valence-corrected chi connectivity index (χ3v) is 6.81. The van der Waals surface area contributed by atoms with Gasteiger partial charge in [0.25, 0.3) is 5.91 Å². The predicted molar refractivity (Wildman–Crippen MR) is 125 cm³/mol. The number of aryl methyl sites for hydroxylation is 1. The maximum absolute atomic E-state index is 12.9. The van der Waals surface area contributed by atoms with Crippen molar-refractivity contribution in [1.82, 2.24) is 23.9 Å². The number of imidazole rings is 1. The molecular weight excluding hydrogens is 404 g/mol. The highest BCUT2D eigenvalue weighted by Gasteiger charge is 2.39. The van der Waals surface area contributed by atoms with Crippen LogP contribution in [-0.2, 0) is 13.6 Å². The molecule has 3 aromatic rings. The van der Waals surface area contributed by atoms with Crippen LogP contribution in [-0.4, -0.2) is 29.8 Å². The summed E-state index contributed by atoms with van der Waals surface area (Å²) >= 11 is 0. The van der Waals surface area contributed by atoms with Crippen molar-refractivity contribution in [3.63, 3.8) is 0 Å². The zero-order valence-corrected chi connectivity index (χ0v) is 19.9. The molecule has 8 nitrogen and oxygen atoms in total. The Balaban J connectivity index is 1.68. The first kappa shape index (κ1) is 22.3. The third kappa shape index (κ3) is 3.98. The lowest BCUT2D eigenvalue weighted by molar-refractivity contribution is 0.0997. The Morgan fingerprint density at radius 2 is 2.00 bits per heavy atom. The van der Waals surface area contributed by atoms with Crippen molar-refractivity contribution in [3.05, 3.63) is 46.3 Å². The molecule has 1 aliphatic carbocycles. The maximum Gasteiger partial charge on any atom is 0.330 e. The number of fused-ring (bicyclic) bond motifs is 1. The highest BCUT2D eigenvalue weighted by molar-refractivity contribution is 5.92. The lowest BCUT2D eigenvalue weighted by Gasteiger charge is -2.42. The number of carbonyl (C=O) groups excluding carboxylic acids is 1. The second kappa shape index (κ2) is 7.60. The molecule has 0 saturated heterocycles. The van der Waals surface area contributed by atoms with Crippen molar-refractivity contribution in [1.29, 1.82) is 0 Å². The van der Waals surface area contributed by atoms with Gasteiger partial charge in [-0.2, -0.15) is 5.10 Å². The van der Waals surface area contributed by atoms with Gasteiger partial charge in [-0.15, -0.1) is 0 Å². The van der Waals surface area contributed by atoms with Crippen LogP contribution in [0.15, 0.2) is 29.3 Å². The van der Waals surface area contributed by atoms with E-state index in [-0.39, 0.29) is 28.5 Å². The molecule has 0 aromatic carbocycles. The molecule has 172 valence electrons. The molecule has 2 atom stereocenters. The molecule has 1 saturated carbocycles. The number of hydrogen-bond donors (Lipinski definition) is 1. The van der Waals surface area contributed by atoms with Crippen LogP contribution in [0.5, 0.6) is 0 Å². The number of aromatic nitrogens is 5. The molecular formula is C24H34N6O2. The van der Waals surface area contributed by atoms with Crippen molar-refractivity contribution in [3.8, 4) is 0 Å². The van der Waals surface area contributed by atoms with E-state index in [0.29, 0.717) is 12.1 Å². The molecule has 4 rings (SSSR count). The summed E-state index contributed by atoms with van der Waals surface area (Å²) in [5.41, 5.74) is 8.46. The molecule has 32 heavy (non-hydrogen) atoms. The zero-order chi connectivity index (χ0) is 23.4. The normalized spacial score (nSPS) is 21.2. The van der Waals surface area contributed by atoms with Crippen LogP contribution in [0.1, 0.15) is 81.9 Å². The minimum Gasteiger partial charge on any atom is -0.366 e. The SMILES string of the molecule is Cn1c(=O)n(CC(C)(C)C)c2ccc(C3CCC(C)(C)C(n4cc(C(N)=O)cn4)C3)nc21. The summed E-state index contributed by atoms with van der Waals surface area (Å²) in [5, 5.41) is 4.44. The van der Waals surface area contributed by atoms with E-state index in [1.165, 1.54) is 0 Å². The zero-order valence-electron chi connectivity index (χ0n) is 19.9. The summed E-state index contributed by atoms with van der Waals surface area (Å²) in [7, 11) is 1.79. The van der Waals surface area contributed by atoms with Crippen LogP contribution in [0.3, 0.4) is 0 Å². The van der Waals surface area contributed by atoms with Gasteiger partial charge in [-0.1, -0.05) is 34.6 Å². The largest absolute Gasteiger partial charge is 0.366 e. The van der Waals surface area contributed by atoms with E-state index < -0.39 is 5.91 Å². The Labute approximate surface area is 188 Å². The van der Waals surface area contributed by atoms with E-state index in [9.17, 15) is 9.59 Å². The second-order valence-electron chi connectivity index (χ2n) is 11.1. The number of primary amides is 1. The Morgan fingerprint density at radius 1 is 1.28 bits per heavy atom. The summed E-state index contributed by atoms with van der Waals surface area (Å²) < 4.78 is 5.37. The lowest BCUT2D eigenvalue weighted by atomic mass is 9.68. The first-order valence-corrected chi connectivity index (χ1v) is 11.3. The van der Waals surface area contributed by atoms with Gasteiger partial charge in [-0.3, -0.25) is 18.6 Å². The van der Waals surface area contributed by atoms with Crippen LogP contribution < -0.4 is 11.4 Å². The Kier molecular flexibility index (Phi) is 5.30. The van der Waals surface area contributed by atoms with E-state index in [1.807, 2.05) is 15.3 Å². The molecule has 8 heteroatoms. The number of nitrogens with two attached hydrogens (primary N) is 1. The van der Waals surface area contributed by atoms with Gasteiger partial charge in [0.1, 0.15) is 0 Å². The van der Waals surface area contributed by atoms with E-state index >= 15 is 0 Å². The summed E-state index contributed by atoms with van der Waals surface area (Å²) in [6, 6.07) is 4.23. The topological polar surface area (TPSA) is 101 Å². The summed E-state index contributed by atoms with van der Waals surface area (Å²) in [4.78, 5) is 29.4. The maximum atomic E-state index is 12.9. The van der Waals surface area contributed by atoms with Crippen molar-refractivity contribution in [2.45, 2.75) is 72.4 Å². The van der Waals surface area contributed by atoms with E-state index in [0.717, 1.165) is 36.1 Å². The molecule has 0 spiro atoms. The van der Waals surface area contributed by atoms with E-state index in [4.69, 9.17) is 10.7 Å². The Hall–Kier alpha value is -2.90. The minimum atomic E-state index is -0.464. The van der Waals surface area contributed by atoms with Crippen LogP contribution in [0.25, 0.3) is 11.2 Å². The molecule has 0 radical (unpaired) electrons. The first-order valence-electron chi connectivity index (χ1n) is 11.3. The predicted octanol–water partition coefficient (Wildman–Crippen LogP) is 3.61. The summed E-state index contributed by atoms with van der Waals surface area (Å²) in [6.45, 7) is 11.5. The molecule has 3 heterocycles. The van der Waals surface area contributed by atoms with Crippen molar-refractivity contribution in [2.75, 3.05) is 0 Å². The van der Waals surface area contributed by atoms with Gasteiger partial charge in [0.2, 0.25) is 0 Å². The molecule has 3 aromatic heterocycles. The Morgan fingerprint density at radius 3 is 2.62 bits per heavy atom. The Bertz CT molecular complexity index is 1220. The molecule has 0 aliphatic heterocycles. The van der Waals surface area contributed by atoms with Crippen molar-refractivity contribution in [2.24, 2.45) is 23.6 Å². The number of hydrogen-bond acceptors (Lipinski definition) is 4. The first-order chi connectivity index (χ1) is 14.9. The fourth-order valence-corrected chi connectivity index (χ4v) is 4.93. The average Bonchev–Trinajstić information content (AvgIpc) is 3.27. The number of nitrogens with zero attached hydrogens (tertiary/aromatic N) is 5. The number of pyridine rings is 1. The molecule has 2 N–H and O–H groups in total. The van der Waals surface area contributed by atoms with Gasteiger partial charge in [0.05, 0.1) is 23.3 Å². The molecule has 1 amide bonds. The molecule has 2 unspecified atom stereocenters. The number of amides is 1. The van der Waals surface area contributed by atoms with E-state index in [1.54, 1.807) is 24.0 Å². The van der Waals surface area contributed by atoms with E-state index in [2.05, 4.69) is 45.8 Å². The fraction of sp³-hybridized carbons (Fsp3) is 0.583. The van der Waals surface area contributed by atoms with Crippen LogP contribution in [0.2, 0.25) is 0 Å². The van der Waals surface area contributed by atoms with Crippen LogP contribution in [0.4, 0.5) is 0 Å². The number of rotatable bonds is 4. The number of carbonyl (C=O) groups is 1. The standard InChI is InChI=1S/C24H34N6O2/c1-23(2,3)14-29-18-8-7-17(27-21(18)28(6)22(29)32)15-9-10-24(4,5)19(11-15)30-13-16(12-26-30)20(25)31/h7-8,12-13,15,19H,9-11,14H2,1-6H3,(H2,25,31). The fourth-order valence-electron chi connectivity index (χ4n) is 4.93. The molecule has 1 aliphatic rings.